The van der Waals surface area contributed by atoms with E-state index in [1.165, 1.54) is 6.20 Å². The summed E-state index contributed by atoms with van der Waals surface area (Å²) in [6.07, 6.45) is 5.29. The Morgan fingerprint density at radius 3 is 2.62 bits per heavy atom. The van der Waals surface area contributed by atoms with Crippen molar-refractivity contribution in [2.45, 2.75) is 51.6 Å². The van der Waals surface area contributed by atoms with Crippen LogP contribution in [0, 0.1) is 17.5 Å². The molecule has 0 unspecified atom stereocenters. The summed E-state index contributed by atoms with van der Waals surface area (Å²) in [5.41, 5.74) is -1.44. The van der Waals surface area contributed by atoms with Crippen LogP contribution in [-0.2, 0) is 6.54 Å². The predicted octanol–water partition coefficient (Wildman–Crippen LogP) is 3.56. The molecule has 3 heterocycles. The number of rotatable bonds is 7. The molecule has 0 aliphatic carbocycles. The Balaban J connectivity index is 1.71. The van der Waals surface area contributed by atoms with Gasteiger partial charge in [0.1, 0.15) is 23.0 Å². The van der Waals surface area contributed by atoms with Gasteiger partial charge < -0.3 is 19.5 Å². The molecule has 0 saturated carbocycles. The number of aromatic nitrogens is 1. The average Bonchev–Trinajstić information content (AvgIpc) is 3.02. The first kappa shape index (κ1) is 23.8. The van der Waals surface area contributed by atoms with Gasteiger partial charge >= 0.3 is 0 Å². The third kappa shape index (κ3) is 4.53. The van der Waals surface area contributed by atoms with Gasteiger partial charge in [-0.2, -0.15) is 0 Å². The van der Waals surface area contributed by atoms with Crippen LogP contribution in [0.2, 0.25) is 0 Å². The molecular formula is C24H26F3N3O4. The van der Waals surface area contributed by atoms with Crippen molar-refractivity contribution in [1.82, 2.24) is 14.8 Å². The number of nitrogens with one attached hydrogen (secondary N) is 1. The number of pyridine rings is 1. The Kier molecular flexibility index (Phi) is 6.95. The van der Waals surface area contributed by atoms with E-state index >= 15 is 0 Å². The summed E-state index contributed by atoms with van der Waals surface area (Å²) in [6.45, 7) is 2.63. The maximum atomic E-state index is 14.0. The van der Waals surface area contributed by atoms with Gasteiger partial charge in [-0.05, 0) is 25.7 Å². The molecule has 182 valence electrons. The molecule has 7 nitrogen and oxygen atoms in total. The minimum Gasteiger partial charge on any atom is -0.487 e. The van der Waals surface area contributed by atoms with Crippen LogP contribution >= 0.6 is 0 Å². The standard InChI is InChI=1S/C24H26F3N3O4/c1-2-3-8-34-22-20-24(33)29-7-5-4-6-15(12-29)30(20)13-17(21(22)31)23(32)28-11-16-18(26)9-14(25)10-19(16)27/h9-10,13,15H,2-8,11-12H2,1H3,(H,28,32)/t15-/m0/s1. The van der Waals surface area contributed by atoms with Gasteiger partial charge in [0.2, 0.25) is 5.43 Å². The molecule has 1 N–H and O–H groups in total. The van der Waals surface area contributed by atoms with Gasteiger partial charge in [-0.3, -0.25) is 14.4 Å². The summed E-state index contributed by atoms with van der Waals surface area (Å²) < 4.78 is 48.5. The highest BCUT2D eigenvalue weighted by Gasteiger charge is 2.37. The topological polar surface area (TPSA) is 80.6 Å². The molecule has 0 spiro atoms. The lowest BCUT2D eigenvalue weighted by atomic mass is 10.1. The fourth-order valence-electron chi connectivity index (χ4n) is 4.40. The van der Waals surface area contributed by atoms with E-state index in [2.05, 4.69) is 5.32 Å². The van der Waals surface area contributed by atoms with Crippen molar-refractivity contribution in [2.75, 3.05) is 19.7 Å². The van der Waals surface area contributed by atoms with Crippen LogP contribution in [-0.4, -0.2) is 41.0 Å². The first-order valence-corrected chi connectivity index (χ1v) is 11.4. The number of carbonyl (C=O) groups excluding carboxylic acids is 2. The fraction of sp³-hybridized carbons (Fsp3) is 0.458. The van der Waals surface area contributed by atoms with Crippen molar-refractivity contribution < 1.29 is 27.5 Å². The Hall–Kier alpha value is -3.30. The van der Waals surface area contributed by atoms with Crippen LogP contribution in [0.5, 0.6) is 5.75 Å². The number of fused-ring (bicyclic) bond motifs is 4. The highest BCUT2D eigenvalue weighted by molar-refractivity contribution is 5.99. The SMILES string of the molecule is CCCCOc1c2n(cc(C(=O)NCc3c(F)cc(F)cc3F)c1=O)[C@H]1CCCCN(C1)C2=O. The smallest absolute Gasteiger partial charge is 0.274 e. The second-order valence-corrected chi connectivity index (χ2v) is 8.59. The monoisotopic (exact) mass is 477 g/mol. The van der Waals surface area contributed by atoms with E-state index in [1.807, 2.05) is 6.92 Å². The lowest BCUT2D eigenvalue weighted by Crippen LogP contribution is -2.44. The largest absolute Gasteiger partial charge is 0.487 e. The first-order valence-electron chi connectivity index (χ1n) is 11.4. The van der Waals surface area contributed by atoms with Gasteiger partial charge in [-0.15, -0.1) is 0 Å². The molecule has 10 heteroatoms. The number of nitrogens with zero attached hydrogens (tertiary/aromatic N) is 2. The minimum absolute atomic E-state index is 0.122. The summed E-state index contributed by atoms with van der Waals surface area (Å²) in [5.74, 6) is -4.73. The van der Waals surface area contributed by atoms with Gasteiger partial charge in [0.25, 0.3) is 11.8 Å². The molecule has 1 atom stereocenters. The molecule has 2 aliphatic heterocycles. The lowest BCUT2D eigenvalue weighted by Gasteiger charge is -2.35. The van der Waals surface area contributed by atoms with E-state index in [-0.39, 0.29) is 35.6 Å². The van der Waals surface area contributed by atoms with Crippen molar-refractivity contribution in [2.24, 2.45) is 0 Å². The zero-order valence-corrected chi connectivity index (χ0v) is 18.8. The Labute approximate surface area is 194 Å². The number of ether oxygens (including phenoxy) is 1. The number of benzene rings is 1. The number of hydrogen-bond acceptors (Lipinski definition) is 4. The van der Waals surface area contributed by atoms with Crippen molar-refractivity contribution in [3.63, 3.8) is 0 Å². The zero-order valence-electron chi connectivity index (χ0n) is 18.8. The summed E-state index contributed by atoms with van der Waals surface area (Å²) in [7, 11) is 0. The maximum Gasteiger partial charge on any atom is 0.274 e. The van der Waals surface area contributed by atoms with Gasteiger partial charge in [0.15, 0.2) is 11.4 Å². The average molecular weight is 477 g/mol. The molecule has 0 radical (unpaired) electrons. The van der Waals surface area contributed by atoms with Crippen molar-refractivity contribution in [1.29, 1.82) is 0 Å². The summed E-state index contributed by atoms with van der Waals surface area (Å²) >= 11 is 0. The van der Waals surface area contributed by atoms with E-state index < -0.39 is 40.9 Å². The second-order valence-electron chi connectivity index (χ2n) is 8.59. The minimum atomic E-state index is -1.15. The van der Waals surface area contributed by atoms with Crippen LogP contribution in [0.1, 0.15) is 71.5 Å². The maximum absolute atomic E-state index is 14.0. The van der Waals surface area contributed by atoms with Crippen LogP contribution in [0.25, 0.3) is 0 Å². The molecule has 2 bridgehead atoms. The molecule has 34 heavy (non-hydrogen) atoms. The Morgan fingerprint density at radius 1 is 1.18 bits per heavy atom. The molecule has 1 aromatic carbocycles. The van der Waals surface area contributed by atoms with Crippen LogP contribution in [0.15, 0.2) is 23.1 Å². The van der Waals surface area contributed by atoms with E-state index in [0.29, 0.717) is 31.6 Å². The third-order valence-corrected chi connectivity index (χ3v) is 6.24. The molecule has 2 amide bonds. The highest BCUT2D eigenvalue weighted by Crippen LogP contribution is 2.32. The molecule has 2 aromatic rings. The molecular weight excluding hydrogens is 451 g/mol. The van der Waals surface area contributed by atoms with E-state index in [1.54, 1.807) is 9.47 Å². The zero-order chi connectivity index (χ0) is 24.4. The number of unbranched alkanes of at least 4 members (excludes halogenated alkanes) is 1. The quantitative estimate of drug-likeness (QED) is 0.619. The van der Waals surface area contributed by atoms with Crippen molar-refractivity contribution in [3.05, 3.63) is 62.8 Å². The van der Waals surface area contributed by atoms with Gasteiger partial charge in [-0.1, -0.05) is 13.3 Å². The summed E-state index contributed by atoms with van der Waals surface area (Å²) in [6, 6.07) is 0.908. The predicted molar refractivity (Wildman–Crippen MR) is 117 cm³/mol. The van der Waals surface area contributed by atoms with Crippen LogP contribution in [0.4, 0.5) is 13.2 Å². The molecule has 1 aromatic heterocycles. The number of hydrogen-bond donors (Lipinski definition) is 1. The Morgan fingerprint density at radius 2 is 1.91 bits per heavy atom. The number of halogens is 3. The van der Waals surface area contributed by atoms with Crippen LogP contribution in [0.3, 0.4) is 0 Å². The second kappa shape index (κ2) is 9.90. The highest BCUT2D eigenvalue weighted by atomic mass is 19.1. The molecule has 4 rings (SSSR count). The normalized spacial score (nSPS) is 17.2. The van der Waals surface area contributed by atoms with E-state index in [4.69, 9.17) is 4.74 Å². The van der Waals surface area contributed by atoms with Crippen LogP contribution < -0.4 is 15.5 Å². The number of amides is 2. The van der Waals surface area contributed by atoms with Gasteiger partial charge in [-0.25, -0.2) is 13.2 Å². The van der Waals surface area contributed by atoms with E-state index in [0.717, 1.165) is 25.7 Å². The molecule has 1 fully saturated rings. The molecule has 1 saturated heterocycles. The Bertz CT molecular complexity index is 1160. The summed E-state index contributed by atoms with van der Waals surface area (Å²) in [5, 5.41) is 2.33. The summed E-state index contributed by atoms with van der Waals surface area (Å²) in [4.78, 5) is 41.0. The third-order valence-electron chi connectivity index (χ3n) is 6.24. The van der Waals surface area contributed by atoms with Crippen molar-refractivity contribution >= 4 is 11.8 Å². The van der Waals surface area contributed by atoms with Crippen molar-refractivity contribution in [3.8, 4) is 5.75 Å². The lowest BCUT2D eigenvalue weighted by molar-refractivity contribution is 0.0674. The first-order chi connectivity index (χ1) is 16.3. The van der Waals surface area contributed by atoms with Gasteiger partial charge in [0.05, 0.1) is 12.6 Å². The van der Waals surface area contributed by atoms with Gasteiger partial charge in [0, 0.05) is 43.5 Å². The fourth-order valence-corrected chi connectivity index (χ4v) is 4.40. The van der Waals surface area contributed by atoms with E-state index in [9.17, 15) is 27.6 Å². The number of carbonyl (C=O) groups is 2. The molecule has 2 aliphatic rings.